The van der Waals surface area contributed by atoms with Crippen molar-refractivity contribution in [1.82, 2.24) is 9.55 Å². The van der Waals surface area contributed by atoms with Gasteiger partial charge in [0.1, 0.15) is 16.7 Å². The average Bonchev–Trinajstić information content (AvgIpc) is 3.83. The second-order valence-electron chi connectivity index (χ2n) is 12.0. The minimum atomic E-state index is 0.805. The number of fused-ring (bicyclic) bond motifs is 12. The molecule has 45 heavy (non-hydrogen) atoms. The smallest absolute Gasteiger partial charge is 0.206 e. The molecule has 11 rings (SSSR count). The highest BCUT2D eigenvalue weighted by atomic mass is 16.3. The quantitative estimate of drug-likeness (QED) is 0.210. The predicted octanol–water partition coefficient (Wildman–Crippen LogP) is 9.21. The zero-order valence-corrected chi connectivity index (χ0v) is 24.0. The van der Waals surface area contributed by atoms with Crippen LogP contribution in [-0.4, -0.2) is 16.8 Å². The van der Waals surface area contributed by atoms with E-state index in [9.17, 15) is 0 Å². The lowest BCUT2D eigenvalue weighted by Crippen LogP contribution is -2.37. The van der Waals surface area contributed by atoms with Crippen molar-refractivity contribution in [1.29, 1.82) is 0 Å². The van der Waals surface area contributed by atoms with Crippen LogP contribution in [0.25, 0.3) is 93.9 Å². The Morgan fingerprint density at radius 3 is 2.18 bits per heavy atom. The molecule has 1 N–H and O–H groups in total. The van der Waals surface area contributed by atoms with Crippen LogP contribution >= 0.6 is 0 Å². The summed E-state index contributed by atoms with van der Waals surface area (Å²) in [6.07, 6.45) is 0. The largest absolute Gasteiger partial charge is 0.454 e. The van der Waals surface area contributed by atoms with Crippen LogP contribution in [0.5, 0.6) is 0 Å². The molecule has 5 heterocycles. The number of H-pyrrole nitrogens is 1. The fraction of sp³-hybridized carbons (Fsp3) is 0. The molecule has 0 saturated carbocycles. The van der Waals surface area contributed by atoms with Gasteiger partial charge in [-0.3, -0.25) is 0 Å². The summed E-state index contributed by atoms with van der Waals surface area (Å²) < 4.78 is 15.3. The Morgan fingerprint density at radius 1 is 0.556 bits per heavy atom. The van der Waals surface area contributed by atoms with E-state index in [0.717, 1.165) is 77.2 Å². The minimum Gasteiger partial charge on any atom is -0.454 e. The molecule has 10 aromatic rings. The molecule has 0 aliphatic carbocycles. The zero-order chi connectivity index (χ0) is 29.2. The molecule has 0 unspecified atom stereocenters. The molecule has 5 heteroatoms. The number of benzene rings is 6. The van der Waals surface area contributed by atoms with E-state index in [1.807, 2.05) is 18.2 Å². The van der Waals surface area contributed by atoms with Crippen LogP contribution in [0.2, 0.25) is 0 Å². The molecule has 0 fully saturated rings. The van der Waals surface area contributed by atoms with Crippen molar-refractivity contribution in [2.75, 3.05) is 0 Å². The van der Waals surface area contributed by atoms with Crippen LogP contribution in [-0.2, 0) is 0 Å². The second-order valence-corrected chi connectivity index (χ2v) is 12.0. The van der Waals surface area contributed by atoms with Crippen LogP contribution in [0.4, 0.5) is 0 Å². The van der Waals surface area contributed by atoms with Gasteiger partial charge in [-0.15, -0.1) is 0 Å². The SMILES string of the molecule is [B]1c2c(-c3cccc4c3[nH]c3oc5ccccc5c34)cc(-c3ccccc3)cc2-n2c3c1cccc3c1oc3ccccc3c12. The summed E-state index contributed by atoms with van der Waals surface area (Å²) in [4.78, 5) is 3.68. The normalized spacial score (nSPS) is 12.6. The summed E-state index contributed by atoms with van der Waals surface area (Å²) in [5.41, 5.74) is 15.1. The Hall–Kier alpha value is -5.94. The number of aromatic nitrogens is 2. The number of para-hydroxylation sites is 4. The Balaban J connectivity index is 1.29. The van der Waals surface area contributed by atoms with E-state index in [2.05, 4.69) is 126 Å². The highest BCUT2D eigenvalue weighted by Crippen LogP contribution is 2.42. The fourth-order valence-corrected chi connectivity index (χ4v) is 7.68. The summed E-state index contributed by atoms with van der Waals surface area (Å²) in [6, 6.07) is 45.1. The summed E-state index contributed by atoms with van der Waals surface area (Å²) in [6.45, 7) is 0. The van der Waals surface area contributed by atoms with Crippen molar-refractivity contribution in [2.45, 2.75) is 0 Å². The summed E-state index contributed by atoms with van der Waals surface area (Å²) in [7, 11) is 2.35. The molecule has 1 aliphatic heterocycles. The second kappa shape index (κ2) is 8.37. The van der Waals surface area contributed by atoms with Gasteiger partial charge in [-0.2, -0.15) is 0 Å². The highest BCUT2D eigenvalue weighted by Gasteiger charge is 2.29. The Labute approximate surface area is 257 Å². The Bertz CT molecular complexity index is 2850. The third-order valence-corrected chi connectivity index (χ3v) is 9.59. The van der Waals surface area contributed by atoms with Crippen molar-refractivity contribution >= 4 is 84.1 Å². The lowest BCUT2D eigenvalue weighted by Gasteiger charge is -2.25. The van der Waals surface area contributed by atoms with Crippen molar-refractivity contribution in [3.8, 4) is 27.9 Å². The van der Waals surface area contributed by atoms with Gasteiger partial charge in [-0.25, -0.2) is 0 Å². The first-order valence-electron chi connectivity index (χ1n) is 15.3. The van der Waals surface area contributed by atoms with Crippen LogP contribution in [0.15, 0.2) is 136 Å². The number of aromatic amines is 1. The van der Waals surface area contributed by atoms with Gasteiger partial charge < -0.3 is 18.4 Å². The monoisotopic (exact) mass is 573 g/mol. The summed E-state index contributed by atoms with van der Waals surface area (Å²) >= 11 is 0. The molecule has 4 nitrogen and oxygen atoms in total. The van der Waals surface area contributed by atoms with Crippen molar-refractivity contribution in [3.63, 3.8) is 0 Å². The van der Waals surface area contributed by atoms with Gasteiger partial charge in [-0.1, -0.05) is 96.5 Å². The lowest BCUT2D eigenvalue weighted by atomic mass is 9.59. The Morgan fingerprint density at radius 2 is 1.29 bits per heavy atom. The number of furan rings is 2. The number of hydrogen-bond acceptors (Lipinski definition) is 2. The van der Waals surface area contributed by atoms with E-state index in [4.69, 9.17) is 8.83 Å². The molecule has 0 spiro atoms. The summed E-state index contributed by atoms with van der Waals surface area (Å²) in [5, 5.41) is 5.66. The van der Waals surface area contributed by atoms with Gasteiger partial charge in [0.05, 0.1) is 16.4 Å². The van der Waals surface area contributed by atoms with E-state index >= 15 is 0 Å². The van der Waals surface area contributed by atoms with E-state index in [1.54, 1.807) is 0 Å². The molecular formula is C40H22BN2O2. The zero-order valence-electron chi connectivity index (χ0n) is 24.0. The first kappa shape index (κ1) is 23.5. The maximum atomic E-state index is 6.54. The molecule has 0 saturated heterocycles. The topological polar surface area (TPSA) is 47.0 Å². The standard InChI is InChI=1S/C40H22BN2O2/c1-2-10-22(11-3-1)23-20-29(24-14-8-15-27-34-25-12-4-6-18-32(25)45-40(34)42-36(24)27)35-31(21-23)43-37-28(16-9-17-30(37)41-35)39-38(43)26-13-5-7-19-33(26)44-39/h1-21,42H. The Kier molecular flexibility index (Phi) is 4.37. The fourth-order valence-electron chi connectivity index (χ4n) is 7.68. The van der Waals surface area contributed by atoms with E-state index in [0.29, 0.717) is 0 Å². The third-order valence-electron chi connectivity index (χ3n) is 9.59. The van der Waals surface area contributed by atoms with E-state index < -0.39 is 0 Å². The van der Waals surface area contributed by atoms with Gasteiger partial charge in [0, 0.05) is 32.8 Å². The molecule has 1 aliphatic rings. The average molecular weight is 573 g/mol. The molecule has 0 amide bonds. The highest BCUT2D eigenvalue weighted by molar-refractivity contribution is 6.73. The molecular weight excluding hydrogens is 551 g/mol. The van der Waals surface area contributed by atoms with Crippen molar-refractivity contribution in [3.05, 3.63) is 127 Å². The first-order valence-corrected chi connectivity index (χ1v) is 15.3. The molecule has 207 valence electrons. The molecule has 1 radical (unpaired) electrons. The molecule has 0 atom stereocenters. The molecule has 4 aromatic heterocycles. The van der Waals surface area contributed by atoms with Crippen molar-refractivity contribution < 1.29 is 8.83 Å². The van der Waals surface area contributed by atoms with Crippen LogP contribution in [0.1, 0.15) is 0 Å². The lowest BCUT2D eigenvalue weighted by molar-refractivity contribution is 0.657. The number of rotatable bonds is 2. The molecule has 6 aromatic carbocycles. The number of hydrogen-bond donors (Lipinski definition) is 1. The minimum absolute atomic E-state index is 0.805. The van der Waals surface area contributed by atoms with Crippen LogP contribution in [0.3, 0.4) is 0 Å². The van der Waals surface area contributed by atoms with Gasteiger partial charge in [0.2, 0.25) is 5.71 Å². The maximum Gasteiger partial charge on any atom is 0.206 e. The predicted molar refractivity (Wildman–Crippen MR) is 186 cm³/mol. The molecule has 0 bridgehead atoms. The maximum absolute atomic E-state index is 6.54. The number of nitrogens with one attached hydrogen (secondary N) is 1. The van der Waals surface area contributed by atoms with Gasteiger partial charge >= 0.3 is 0 Å². The van der Waals surface area contributed by atoms with E-state index in [1.165, 1.54) is 27.6 Å². The van der Waals surface area contributed by atoms with Gasteiger partial charge in [-0.05, 0) is 58.6 Å². The number of nitrogens with zero attached hydrogens (tertiary/aromatic N) is 1. The first-order chi connectivity index (χ1) is 22.3. The van der Waals surface area contributed by atoms with Crippen LogP contribution in [0, 0.1) is 0 Å². The third kappa shape index (κ3) is 3.02. The summed E-state index contributed by atoms with van der Waals surface area (Å²) in [5.74, 6) is 0. The van der Waals surface area contributed by atoms with Gasteiger partial charge in [0.25, 0.3) is 0 Å². The van der Waals surface area contributed by atoms with Crippen molar-refractivity contribution in [2.24, 2.45) is 0 Å². The van der Waals surface area contributed by atoms with Gasteiger partial charge in [0.15, 0.2) is 12.9 Å². The van der Waals surface area contributed by atoms with Crippen LogP contribution < -0.4 is 10.9 Å². The van der Waals surface area contributed by atoms with E-state index in [-0.39, 0.29) is 0 Å².